The van der Waals surface area contributed by atoms with Crippen molar-refractivity contribution in [3.8, 4) is 11.5 Å². The van der Waals surface area contributed by atoms with Crippen LogP contribution in [0.2, 0.25) is 0 Å². The molecule has 2 amide bonds. The summed E-state index contributed by atoms with van der Waals surface area (Å²) in [5.74, 6) is 1.08. The summed E-state index contributed by atoms with van der Waals surface area (Å²) >= 11 is 0. The van der Waals surface area contributed by atoms with Crippen molar-refractivity contribution in [3.05, 3.63) is 53.6 Å². The second kappa shape index (κ2) is 8.53. The highest BCUT2D eigenvalue weighted by Crippen LogP contribution is 2.32. The molecular formula is C22H26N2O5. The zero-order valence-electron chi connectivity index (χ0n) is 17.1. The van der Waals surface area contributed by atoms with Gasteiger partial charge in [-0.1, -0.05) is 12.1 Å². The maximum Gasteiger partial charge on any atom is 0.408 e. The molecule has 1 aliphatic heterocycles. The van der Waals surface area contributed by atoms with Crippen molar-refractivity contribution >= 4 is 17.7 Å². The van der Waals surface area contributed by atoms with Crippen molar-refractivity contribution in [2.75, 3.05) is 5.32 Å². The number of alkyl carbamates (subject to hydrolysis) is 1. The van der Waals surface area contributed by atoms with Crippen LogP contribution in [0.1, 0.15) is 38.8 Å². The molecule has 3 rings (SSSR count). The van der Waals surface area contributed by atoms with E-state index in [1.165, 1.54) is 0 Å². The number of nitrogens with one attached hydrogen (secondary N) is 2. The maximum absolute atomic E-state index is 12.3. The fourth-order valence-electron chi connectivity index (χ4n) is 2.80. The minimum absolute atomic E-state index is 0.345. The number of fused-ring (bicyclic) bond motifs is 1. The molecule has 0 aromatic heterocycles. The fourth-order valence-corrected chi connectivity index (χ4v) is 2.80. The molecule has 0 bridgehead atoms. The standard InChI is InChI=1S/C22H26N2O5/c1-14(23-21(26)29-22(2,3)4)20(25)24-16-8-10-17(11-9-16)28-19-7-5-6-15-12-27-13-18(15)19/h5-11,14H,12-13H2,1-4H3,(H,23,26)(H,24,25). The normalized spacial score (nSPS) is 13.9. The van der Waals surface area contributed by atoms with Gasteiger partial charge in [0.2, 0.25) is 5.91 Å². The number of hydrogen-bond acceptors (Lipinski definition) is 5. The van der Waals surface area contributed by atoms with Gasteiger partial charge in [-0.25, -0.2) is 4.79 Å². The van der Waals surface area contributed by atoms with Crippen LogP contribution in [-0.2, 0) is 27.5 Å². The summed E-state index contributed by atoms with van der Waals surface area (Å²) in [6, 6.07) is 12.2. The first-order chi connectivity index (χ1) is 13.7. The van der Waals surface area contributed by atoms with E-state index in [1.54, 1.807) is 52.0 Å². The molecule has 7 heteroatoms. The monoisotopic (exact) mass is 398 g/mol. The van der Waals surface area contributed by atoms with Gasteiger partial charge in [0.25, 0.3) is 0 Å². The van der Waals surface area contributed by atoms with Gasteiger partial charge in [-0.15, -0.1) is 0 Å². The van der Waals surface area contributed by atoms with E-state index in [0.29, 0.717) is 24.7 Å². The van der Waals surface area contributed by atoms with Crippen LogP contribution in [0.3, 0.4) is 0 Å². The van der Waals surface area contributed by atoms with Crippen molar-refractivity contribution in [1.29, 1.82) is 0 Å². The van der Waals surface area contributed by atoms with E-state index < -0.39 is 17.7 Å². The molecule has 1 atom stereocenters. The fraction of sp³-hybridized carbons (Fsp3) is 0.364. The second-order valence-electron chi connectivity index (χ2n) is 7.87. The zero-order valence-corrected chi connectivity index (χ0v) is 17.1. The molecule has 29 heavy (non-hydrogen) atoms. The molecule has 0 saturated carbocycles. The first kappa shape index (κ1) is 20.7. The first-order valence-electron chi connectivity index (χ1n) is 9.48. The lowest BCUT2D eigenvalue weighted by Gasteiger charge is -2.21. The van der Waals surface area contributed by atoms with Gasteiger partial charge in [-0.3, -0.25) is 4.79 Å². The van der Waals surface area contributed by atoms with Crippen LogP contribution in [0.25, 0.3) is 0 Å². The number of carbonyl (C=O) groups is 2. The predicted molar refractivity (Wildman–Crippen MR) is 109 cm³/mol. The van der Waals surface area contributed by atoms with Gasteiger partial charge in [0.1, 0.15) is 23.1 Å². The van der Waals surface area contributed by atoms with E-state index in [2.05, 4.69) is 10.6 Å². The molecule has 1 heterocycles. The van der Waals surface area contributed by atoms with Crippen molar-refractivity contribution in [2.24, 2.45) is 0 Å². The second-order valence-corrected chi connectivity index (χ2v) is 7.87. The largest absolute Gasteiger partial charge is 0.457 e. The van der Waals surface area contributed by atoms with Gasteiger partial charge in [0, 0.05) is 11.3 Å². The van der Waals surface area contributed by atoms with Crippen molar-refractivity contribution in [2.45, 2.75) is 52.6 Å². The smallest absolute Gasteiger partial charge is 0.408 e. The molecule has 154 valence electrons. The van der Waals surface area contributed by atoms with Crippen LogP contribution in [0, 0.1) is 0 Å². The molecule has 1 aliphatic rings. The summed E-state index contributed by atoms with van der Waals surface area (Å²) in [5.41, 5.74) is 2.17. The lowest BCUT2D eigenvalue weighted by atomic mass is 10.1. The number of rotatable bonds is 5. The Hall–Kier alpha value is -3.06. The van der Waals surface area contributed by atoms with Crippen LogP contribution in [0.5, 0.6) is 11.5 Å². The van der Waals surface area contributed by atoms with Crippen molar-refractivity contribution < 1.29 is 23.8 Å². The molecule has 2 aromatic carbocycles. The lowest BCUT2D eigenvalue weighted by Crippen LogP contribution is -2.43. The van der Waals surface area contributed by atoms with E-state index >= 15 is 0 Å². The Labute approximate surface area is 170 Å². The zero-order chi connectivity index (χ0) is 21.0. The third-order valence-corrected chi connectivity index (χ3v) is 4.21. The topological polar surface area (TPSA) is 85.9 Å². The first-order valence-corrected chi connectivity index (χ1v) is 9.48. The summed E-state index contributed by atoms with van der Waals surface area (Å²) in [4.78, 5) is 24.1. The van der Waals surface area contributed by atoms with Crippen LogP contribution in [0.15, 0.2) is 42.5 Å². The third kappa shape index (κ3) is 5.71. The Morgan fingerprint density at radius 1 is 1.07 bits per heavy atom. The highest BCUT2D eigenvalue weighted by atomic mass is 16.6. The minimum Gasteiger partial charge on any atom is -0.457 e. The predicted octanol–water partition coefficient (Wildman–Crippen LogP) is 4.36. The number of anilines is 1. The van der Waals surface area contributed by atoms with E-state index in [1.807, 2.05) is 18.2 Å². The van der Waals surface area contributed by atoms with Crippen LogP contribution < -0.4 is 15.4 Å². The third-order valence-electron chi connectivity index (χ3n) is 4.21. The van der Waals surface area contributed by atoms with Crippen LogP contribution >= 0.6 is 0 Å². The summed E-state index contributed by atoms with van der Waals surface area (Å²) in [7, 11) is 0. The number of ether oxygens (including phenoxy) is 3. The molecule has 0 spiro atoms. The summed E-state index contributed by atoms with van der Waals surface area (Å²) in [6.45, 7) is 8.02. The average molecular weight is 398 g/mol. The number of hydrogen-bond donors (Lipinski definition) is 2. The molecule has 1 unspecified atom stereocenters. The van der Waals surface area contributed by atoms with Crippen molar-refractivity contribution in [1.82, 2.24) is 5.32 Å². The Balaban J connectivity index is 1.56. The Bertz CT molecular complexity index is 887. The summed E-state index contributed by atoms with van der Waals surface area (Å²) in [6.07, 6.45) is -0.636. The highest BCUT2D eigenvalue weighted by molar-refractivity contribution is 5.96. The van der Waals surface area contributed by atoms with Crippen molar-refractivity contribution in [3.63, 3.8) is 0 Å². The van der Waals surface area contributed by atoms with Gasteiger partial charge in [-0.05, 0) is 63.6 Å². The van der Waals surface area contributed by atoms with Crippen LogP contribution in [0.4, 0.5) is 10.5 Å². The Morgan fingerprint density at radius 3 is 2.48 bits per heavy atom. The average Bonchev–Trinajstić information content (AvgIpc) is 3.11. The summed E-state index contributed by atoms with van der Waals surface area (Å²) < 4.78 is 16.6. The van der Waals surface area contributed by atoms with Gasteiger partial charge in [-0.2, -0.15) is 0 Å². The molecule has 0 aliphatic carbocycles. The number of carbonyl (C=O) groups excluding carboxylic acids is 2. The molecule has 0 fully saturated rings. The lowest BCUT2D eigenvalue weighted by molar-refractivity contribution is -0.117. The Kier molecular flexibility index (Phi) is 6.08. The Morgan fingerprint density at radius 2 is 1.79 bits per heavy atom. The van der Waals surface area contributed by atoms with Gasteiger partial charge < -0.3 is 24.8 Å². The number of benzene rings is 2. The summed E-state index contributed by atoms with van der Waals surface area (Å²) in [5, 5.41) is 5.27. The number of amides is 2. The maximum atomic E-state index is 12.3. The van der Waals surface area contributed by atoms with Gasteiger partial charge >= 0.3 is 6.09 Å². The quantitative estimate of drug-likeness (QED) is 0.782. The highest BCUT2D eigenvalue weighted by Gasteiger charge is 2.21. The van der Waals surface area contributed by atoms with E-state index in [0.717, 1.165) is 16.9 Å². The molecule has 0 saturated heterocycles. The molecule has 0 radical (unpaired) electrons. The molecule has 2 N–H and O–H groups in total. The van der Waals surface area contributed by atoms with E-state index in [-0.39, 0.29) is 5.91 Å². The van der Waals surface area contributed by atoms with E-state index in [4.69, 9.17) is 14.2 Å². The minimum atomic E-state index is -0.743. The van der Waals surface area contributed by atoms with E-state index in [9.17, 15) is 9.59 Å². The van der Waals surface area contributed by atoms with Gasteiger partial charge in [0.15, 0.2) is 0 Å². The SMILES string of the molecule is CC(NC(=O)OC(C)(C)C)C(=O)Nc1ccc(Oc2cccc3c2COC3)cc1. The molecule has 2 aromatic rings. The molecular weight excluding hydrogens is 372 g/mol. The van der Waals surface area contributed by atoms with Gasteiger partial charge in [0.05, 0.1) is 13.2 Å². The van der Waals surface area contributed by atoms with Crippen LogP contribution in [-0.4, -0.2) is 23.6 Å². The molecule has 7 nitrogen and oxygen atoms in total.